The molecule has 30 heavy (non-hydrogen) atoms. The van der Waals surface area contributed by atoms with Crippen molar-refractivity contribution < 1.29 is 9.21 Å². The fourth-order valence-electron chi connectivity index (χ4n) is 3.29. The summed E-state index contributed by atoms with van der Waals surface area (Å²) in [6.07, 6.45) is 8.10. The summed E-state index contributed by atoms with van der Waals surface area (Å²) in [6, 6.07) is 13.9. The number of anilines is 1. The average Bonchev–Trinajstić information content (AvgIpc) is 3.48. The van der Waals surface area contributed by atoms with E-state index in [2.05, 4.69) is 33.7 Å². The molecule has 0 saturated carbocycles. The van der Waals surface area contributed by atoms with Gasteiger partial charge in [0.1, 0.15) is 5.76 Å². The molecule has 8 heteroatoms. The Kier molecular flexibility index (Phi) is 7.20. The van der Waals surface area contributed by atoms with Crippen LogP contribution >= 0.6 is 23.1 Å². The van der Waals surface area contributed by atoms with Gasteiger partial charge >= 0.3 is 0 Å². The van der Waals surface area contributed by atoms with Crippen molar-refractivity contribution in [2.45, 2.75) is 43.1 Å². The molecule has 0 unspecified atom stereocenters. The Morgan fingerprint density at radius 1 is 1.17 bits per heavy atom. The molecule has 1 aliphatic rings. The Morgan fingerprint density at radius 3 is 2.83 bits per heavy atom. The van der Waals surface area contributed by atoms with Crippen LogP contribution in [0.4, 0.5) is 5.13 Å². The molecule has 4 rings (SSSR count). The van der Waals surface area contributed by atoms with Gasteiger partial charge in [-0.25, -0.2) is 0 Å². The zero-order valence-electron chi connectivity index (χ0n) is 16.6. The number of carbonyl (C=O) groups excluding carboxylic acids is 1. The number of aromatic nitrogens is 2. The summed E-state index contributed by atoms with van der Waals surface area (Å²) in [4.78, 5) is 14.9. The first-order valence-corrected chi connectivity index (χ1v) is 11.8. The van der Waals surface area contributed by atoms with Crippen LogP contribution in [0.1, 0.15) is 37.0 Å². The highest BCUT2D eigenvalue weighted by atomic mass is 32.2. The lowest BCUT2D eigenvalue weighted by Crippen LogP contribution is -2.32. The Hall–Kier alpha value is -2.58. The highest BCUT2D eigenvalue weighted by Gasteiger charge is 2.21. The number of nitrogens with zero attached hydrogens (tertiary/aromatic N) is 3. The van der Waals surface area contributed by atoms with E-state index in [1.54, 1.807) is 6.26 Å². The average molecular weight is 441 g/mol. The molecule has 1 aliphatic carbocycles. The highest BCUT2D eigenvalue weighted by Crippen LogP contribution is 2.28. The van der Waals surface area contributed by atoms with E-state index in [1.165, 1.54) is 35.1 Å². The predicted molar refractivity (Wildman–Crippen MR) is 120 cm³/mol. The molecule has 6 nitrogen and oxygen atoms in total. The lowest BCUT2D eigenvalue weighted by Gasteiger charge is -2.26. The third-order valence-electron chi connectivity index (χ3n) is 4.82. The molecule has 3 aromatic rings. The molecule has 0 saturated heterocycles. The van der Waals surface area contributed by atoms with E-state index in [4.69, 9.17) is 4.42 Å². The molecule has 0 spiro atoms. The number of nitrogens with one attached hydrogen (secondary N) is 1. The molecule has 0 bridgehead atoms. The standard InChI is InChI=1S/C22H24N4O2S2/c27-20(26(15-19-12-7-13-28-19)18-10-5-2-6-11-18)16-29-22-25-24-21(30-22)23-14-17-8-3-1-4-9-17/h1,3-4,7-10,12-13H,2,5-6,11,14-16H2,(H,23,24). The first-order valence-electron chi connectivity index (χ1n) is 10.0. The molecule has 0 atom stereocenters. The van der Waals surface area contributed by atoms with Gasteiger partial charge in [-0.15, -0.1) is 10.2 Å². The van der Waals surface area contributed by atoms with Crippen LogP contribution in [0.25, 0.3) is 0 Å². The van der Waals surface area contributed by atoms with Crippen molar-refractivity contribution in [3.63, 3.8) is 0 Å². The van der Waals surface area contributed by atoms with Gasteiger partial charge in [0.05, 0.1) is 18.6 Å². The SMILES string of the molecule is O=C(CSc1nnc(NCc2ccccc2)s1)N(Cc1ccco1)C1=CCCCC1. The van der Waals surface area contributed by atoms with Crippen molar-refractivity contribution in [1.82, 2.24) is 15.1 Å². The number of carbonyl (C=O) groups is 1. The number of benzene rings is 1. The largest absolute Gasteiger partial charge is 0.467 e. The van der Waals surface area contributed by atoms with Crippen LogP contribution in [0.2, 0.25) is 0 Å². The second-order valence-corrected chi connectivity index (χ2v) is 9.20. The zero-order valence-corrected chi connectivity index (χ0v) is 18.3. The van der Waals surface area contributed by atoms with Crippen LogP contribution in [-0.2, 0) is 17.9 Å². The van der Waals surface area contributed by atoms with Gasteiger partial charge in [-0.1, -0.05) is 59.5 Å². The maximum Gasteiger partial charge on any atom is 0.237 e. The number of allylic oxidation sites excluding steroid dienone is 2. The lowest BCUT2D eigenvalue weighted by molar-refractivity contribution is -0.127. The van der Waals surface area contributed by atoms with Crippen LogP contribution in [-0.4, -0.2) is 26.8 Å². The second-order valence-electron chi connectivity index (χ2n) is 7.00. The molecule has 156 valence electrons. The molecule has 2 heterocycles. The fraction of sp³-hybridized carbons (Fsp3) is 0.318. The molecule has 2 aromatic heterocycles. The number of hydrogen-bond acceptors (Lipinski definition) is 7. The van der Waals surface area contributed by atoms with Gasteiger partial charge in [-0.05, 0) is 43.4 Å². The summed E-state index contributed by atoms with van der Waals surface area (Å²) >= 11 is 2.90. The summed E-state index contributed by atoms with van der Waals surface area (Å²) in [5.74, 6) is 1.19. The van der Waals surface area contributed by atoms with E-state index in [9.17, 15) is 4.79 Å². The third kappa shape index (κ3) is 5.73. The van der Waals surface area contributed by atoms with Crippen molar-refractivity contribution in [3.8, 4) is 0 Å². The topological polar surface area (TPSA) is 71.3 Å². The van der Waals surface area contributed by atoms with Crippen LogP contribution in [0.15, 0.2) is 69.3 Å². The molecule has 1 amide bonds. The van der Waals surface area contributed by atoms with Crippen LogP contribution in [0.3, 0.4) is 0 Å². The highest BCUT2D eigenvalue weighted by molar-refractivity contribution is 8.01. The first-order chi connectivity index (χ1) is 14.8. The van der Waals surface area contributed by atoms with E-state index in [1.807, 2.05) is 35.2 Å². The Bertz CT molecular complexity index is 970. The molecular weight excluding hydrogens is 416 g/mol. The fourth-order valence-corrected chi connectivity index (χ4v) is 4.91. The number of thioether (sulfide) groups is 1. The summed E-state index contributed by atoms with van der Waals surface area (Å²) < 4.78 is 6.26. The molecular formula is C22H24N4O2S2. The Balaban J connectivity index is 1.33. The van der Waals surface area contributed by atoms with Crippen molar-refractivity contribution in [3.05, 3.63) is 71.8 Å². The van der Waals surface area contributed by atoms with Gasteiger partial charge < -0.3 is 14.6 Å². The number of rotatable bonds is 9. The molecule has 1 aromatic carbocycles. The summed E-state index contributed by atoms with van der Waals surface area (Å²) in [7, 11) is 0. The van der Waals surface area contributed by atoms with E-state index in [0.29, 0.717) is 18.8 Å². The molecule has 0 radical (unpaired) electrons. The minimum atomic E-state index is 0.0681. The van der Waals surface area contributed by atoms with Crippen LogP contribution in [0.5, 0.6) is 0 Å². The van der Waals surface area contributed by atoms with Crippen molar-refractivity contribution in [1.29, 1.82) is 0 Å². The van der Waals surface area contributed by atoms with Crippen molar-refractivity contribution >= 4 is 34.1 Å². The van der Waals surface area contributed by atoms with Crippen molar-refractivity contribution in [2.75, 3.05) is 11.1 Å². The van der Waals surface area contributed by atoms with Crippen LogP contribution in [0, 0.1) is 0 Å². The first kappa shape index (κ1) is 20.7. The minimum Gasteiger partial charge on any atom is -0.467 e. The third-order valence-corrected chi connectivity index (χ3v) is 6.82. The summed E-state index contributed by atoms with van der Waals surface area (Å²) in [5, 5.41) is 12.5. The number of furan rings is 1. The van der Waals surface area contributed by atoms with Gasteiger partial charge in [0.15, 0.2) is 4.34 Å². The lowest BCUT2D eigenvalue weighted by atomic mass is 10.0. The van der Waals surface area contributed by atoms with E-state index in [-0.39, 0.29) is 5.91 Å². The normalized spacial score (nSPS) is 13.7. The van der Waals surface area contributed by atoms with E-state index >= 15 is 0 Å². The maximum atomic E-state index is 13.0. The number of amides is 1. The Labute approximate surface area is 184 Å². The minimum absolute atomic E-state index is 0.0681. The monoisotopic (exact) mass is 440 g/mol. The summed E-state index contributed by atoms with van der Waals surface area (Å²) in [6.45, 7) is 1.17. The van der Waals surface area contributed by atoms with Gasteiger partial charge in [0, 0.05) is 12.2 Å². The molecule has 1 N–H and O–H groups in total. The number of hydrogen-bond donors (Lipinski definition) is 1. The van der Waals surface area contributed by atoms with Gasteiger partial charge in [-0.2, -0.15) is 0 Å². The van der Waals surface area contributed by atoms with Gasteiger partial charge in [0.2, 0.25) is 11.0 Å². The molecule has 0 fully saturated rings. The van der Waals surface area contributed by atoms with E-state index in [0.717, 1.165) is 40.2 Å². The Morgan fingerprint density at radius 2 is 2.07 bits per heavy atom. The van der Waals surface area contributed by atoms with Gasteiger partial charge in [0.25, 0.3) is 0 Å². The van der Waals surface area contributed by atoms with E-state index < -0.39 is 0 Å². The smallest absolute Gasteiger partial charge is 0.237 e. The maximum absolute atomic E-state index is 13.0. The second kappa shape index (κ2) is 10.4. The van der Waals surface area contributed by atoms with Gasteiger partial charge in [-0.3, -0.25) is 4.79 Å². The van der Waals surface area contributed by atoms with Crippen LogP contribution < -0.4 is 5.32 Å². The predicted octanol–water partition coefficient (Wildman–Crippen LogP) is 5.32. The summed E-state index contributed by atoms with van der Waals surface area (Å²) in [5.41, 5.74) is 2.29. The quantitative estimate of drug-likeness (QED) is 0.454. The van der Waals surface area contributed by atoms with Crippen molar-refractivity contribution in [2.24, 2.45) is 0 Å². The zero-order chi connectivity index (χ0) is 20.6. The molecule has 0 aliphatic heterocycles.